The summed E-state index contributed by atoms with van der Waals surface area (Å²) in [5.74, 6) is 0.894. The van der Waals surface area contributed by atoms with Gasteiger partial charge < -0.3 is 10.2 Å². The van der Waals surface area contributed by atoms with Gasteiger partial charge in [0, 0.05) is 19.1 Å². The van der Waals surface area contributed by atoms with Crippen molar-refractivity contribution >= 4 is 17.2 Å². The second-order valence-corrected chi connectivity index (χ2v) is 5.93. The van der Waals surface area contributed by atoms with Crippen molar-refractivity contribution in [2.75, 3.05) is 19.6 Å². The number of piperidine rings is 2. The molecule has 92 valence electrons. The standard InChI is InChI=1S/C13H18N2OS/c16-13(12-4-2-8-17-12)15-7-5-11-10(9-15)3-1-6-14-11/h2,4,8,10-11,14H,1,3,5-7,9H2. The predicted octanol–water partition coefficient (Wildman–Crippen LogP) is 1.96. The first-order valence-corrected chi connectivity index (χ1v) is 7.29. The van der Waals surface area contributed by atoms with E-state index in [0.29, 0.717) is 12.0 Å². The minimum atomic E-state index is 0.226. The molecule has 1 amide bonds. The van der Waals surface area contributed by atoms with Crippen LogP contribution in [-0.2, 0) is 0 Å². The summed E-state index contributed by atoms with van der Waals surface area (Å²) < 4.78 is 0. The molecule has 1 N–H and O–H groups in total. The highest BCUT2D eigenvalue weighted by Crippen LogP contribution is 2.26. The Balaban J connectivity index is 1.67. The molecule has 2 aliphatic rings. The Morgan fingerprint density at radius 2 is 2.41 bits per heavy atom. The average Bonchev–Trinajstić information content (AvgIpc) is 2.91. The van der Waals surface area contributed by atoms with Crippen LogP contribution < -0.4 is 5.32 Å². The lowest BCUT2D eigenvalue weighted by Gasteiger charge is -2.41. The maximum absolute atomic E-state index is 12.3. The van der Waals surface area contributed by atoms with Crippen LogP contribution in [0, 0.1) is 5.92 Å². The Morgan fingerprint density at radius 3 is 3.24 bits per heavy atom. The second-order valence-electron chi connectivity index (χ2n) is 4.98. The summed E-state index contributed by atoms with van der Waals surface area (Å²) in [5, 5.41) is 5.55. The van der Waals surface area contributed by atoms with E-state index in [2.05, 4.69) is 5.32 Å². The third kappa shape index (κ3) is 2.24. The summed E-state index contributed by atoms with van der Waals surface area (Å²) in [6, 6.07) is 4.53. The fourth-order valence-electron chi connectivity index (χ4n) is 2.99. The minimum Gasteiger partial charge on any atom is -0.338 e. The van der Waals surface area contributed by atoms with Gasteiger partial charge >= 0.3 is 0 Å². The number of carbonyl (C=O) groups is 1. The molecule has 0 saturated carbocycles. The van der Waals surface area contributed by atoms with Crippen molar-refractivity contribution in [2.45, 2.75) is 25.3 Å². The molecule has 0 radical (unpaired) electrons. The summed E-state index contributed by atoms with van der Waals surface area (Å²) >= 11 is 1.55. The number of likely N-dealkylation sites (tertiary alicyclic amines) is 1. The van der Waals surface area contributed by atoms with E-state index in [9.17, 15) is 4.79 Å². The van der Waals surface area contributed by atoms with Gasteiger partial charge in [0.25, 0.3) is 5.91 Å². The maximum atomic E-state index is 12.3. The van der Waals surface area contributed by atoms with E-state index in [1.165, 1.54) is 12.8 Å². The Labute approximate surface area is 106 Å². The van der Waals surface area contributed by atoms with E-state index in [1.807, 2.05) is 22.4 Å². The molecule has 2 atom stereocenters. The molecule has 3 rings (SSSR count). The van der Waals surface area contributed by atoms with Gasteiger partial charge in [-0.05, 0) is 43.2 Å². The molecular weight excluding hydrogens is 232 g/mol. The van der Waals surface area contributed by atoms with E-state index < -0.39 is 0 Å². The lowest BCUT2D eigenvalue weighted by molar-refractivity contribution is 0.0597. The van der Waals surface area contributed by atoms with E-state index in [4.69, 9.17) is 0 Å². The molecule has 2 aliphatic heterocycles. The van der Waals surface area contributed by atoms with Crippen molar-refractivity contribution in [1.29, 1.82) is 0 Å². The topological polar surface area (TPSA) is 32.3 Å². The number of rotatable bonds is 1. The van der Waals surface area contributed by atoms with Crippen LogP contribution in [0.25, 0.3) is 0 Å². The third-order valence-corrected chi connectivity index (χ3v) is 4.77. The number of hydrogen-bond donors (Lipinski definition) is 1. The smallest absolute Gasteiger partial charge is 0.263 e. The van der Waals surface area contributed by atoms with Crippen LogP contribution in [0.4, 0.5) is 0 Å². The fraction of sp³-hybridized carbons (Fsp3) is 0.615. The van der Waals surface area contributed by atoms with Crippen LogP contribution in [0.3, 0.4) is 0 Å². The number of fused-ring (bicyclic) bond motifs is 1. The zero-order chi connectivity index (χ0) is 11.7. The lowest BCUT2D eigenvalue weighted by Crippen LogP contribution is -2.53. The summed E-state index contributed by atoms with van der Waals surface area (Å²) in [7, 11) is 0. The quantitative estimate of drug-likeness (QED) is 0.826. The van der Waals surface area contributed by atoms with E-state index in [0.717, 1.165) is 30.9 Å². The molecular formula is C13H18N2OS. The highest BCUT2D eigenvalue weighted by atomic mass is 32.1. The maximum Gasteiger partial charge on any atom is 0.263 e. The number of hydrogen-bond acceptors (Lipinski definition) is 3. The molecule has 2 unspecified atom stereocenters. The summed E-state index contributed by atoms with van der Waals surface area (Å²) in [6.45, 7) is 3.00. The Bertz CT molecular complexity index is 390. The Hall–Kier alpha value is -0.870. The normalized spacial score (nSPS) is 28.8. The molecule has 17 heavy (non-hydrogen) atoms. The van der Waals surface area contributed by atoms with Gasteiger partial charge in [-0.2, -0.15) is 0 Å². The van der Waals surface area contributed by atoms with Crippen molar-refractivity contribution in [1.82, 2.24) is 10.2 Å². The minimum absolute atomic E-state index is 0.226. The van der Waals surface area contributed by atoms with Crippen molar-refractivity contribution in [3.05, 3.63) is 22.4 Å². The van der Waals surface area contributed by atoms with Crippen LogP contribution in [0.2, 0.25) is 0 Å². The summed E-state index contributed by atoms with van der Waals surface area (Å²) in [5.41, 5.74) is 0. The number of thiophene rings is 1. The van der Waals surface area contributed by atoms with Crippen LogP contribution in [-0.4, -0.2) is 36.5 Å². The van der Waals surface area contributed by atoms with Gasteiger partial charge in [-0.25, -0.2) is 0 Å². The van der Waals surface area contributed by atoms with Crippen molar-refractivity contribution in [3.63, 3.8) is 0 Å². The first-order chi connectivity index (χ1) is 8.34. The number of nitrogens with one attached hydrogen (secondary N) is 1. The zero-order valence-corrected chi connectivity index (χ0v) is 10.7. The highest BCUT2D eigenvalue weighted by molar-refractivity contribution is 7.12. The lowest BCUT2D eigenvalue weighted by atomic mass is 9.85. The molecule has 3 nitrogen and oxygen atoms in total. The van der Waals surface area contributed by atoms with Gasteiger partial charge in [0.2, 0.25) is 0 Å². The first-order valence-electron chi connectivity index (χ1n) is 6.41. The SMILES string of the molecule is O=C(c1cccs1)N1CCC2NCCCC2C1. The number of amides is 1. The van der Waals surface area contributed by atoms with Crippen LogP contribution in [0.15, 0.2) is 17.5 Å². The average molecular weight is 250 g/mol. The summed E-state index contributed by atoms with van der Waals surface area (Å²) in [4.78, 5) is 15.2. The molecule has 2 fully saturated rings. The van der Waals surface area contributed by atoms with Crippen molar-refractivity contribution < 1.29 is 4.79 Å². The van der Waals surface area contributed by atoms with Crippen molar-refractivity contribution in [3.8, 4) is 0 Å². The molecule has 1 aromatic heterocycles. The van der Waals surface area contributed by atoms with E-state index >= 15 is 0 Å². The van der Waals surface area contributed by atoms with Crippen molar-refractivity contribution in [2.24, 2.45) is 5.92 Å². The molecule has 0 aromatic carbocycles. The molecule has 1 aromatic rings. The fourth-order valence-corrected chi connectivity index (χ4v) is 3.68. The highest BCUT2D eigenvalue weighted by Gasteiger charge is 2.33. The monoisotopic (exact) mass is 250 g/mol. The van der Waals surface area contributed by atoms with Gasteiger partial charge in [0.05, 0.1) is 4.88 Å². The zero-order valence-electron chi connectivity index (χ0n) is 9.89. The van der Waals surface area contributed by atoms with Gasteiger partial charge in [0.1, 0.15) is 0 Å². The van der Waals surface area contributed by atoms with Gasteiger partial charge in [-0.3, -0.25) is 4.79 Å². The number of carbonyl (C=O) groups excluding carboxylic acids is 1. The largest absolute Gasteiger partial charge is 0.338 e. The van der Waals surface area contributed by atoms with E-state index in [-0.39, 0.29) is 5.91 Å². The van der Waals surface area contributed by atoms with Gasteiger partial charge in [-0.1, -0.05) is 6.07 Å². The second kappa shape index (κ2) is 4.78. The predicted molar refractivity (Wildman–Crippen MR) is 69.4 cm³/mol. The Kier molecular flexibility index (Phi) is 3.16. The molecule has 0 bridgehead atoms. The molecule has 4 heteroatoms. The molecule has 2 saturated heterocycles. The van der Waals surface area contributed by atoms with Crippen LogP contribution in [0.5, 0.6) is 0 Å². The van der Waals surface area contributed by atoms with Gasteiger partial charge in [-0.15, -0.1) is 11.3 Å². The third-order valence-electron chi connectivity index (χ3n) is 3.91. The molecule has 0 aliphatic carbocycles. The molecule has 3 heterocycles. The molecule has 0 spiro atoms. The van der Waals surface area contributed by atoms with Crippen LogP contribution in [0.1, 0.15) is 28.9 Å². The van der Waals surface area contributed by atoms with Crippen LogP contribution >= 0.6 is 11.3 Å². The van der Waals surface area contributed by atoms with E-state index in [1.54, 1.807) is 11.3 Å². The number of nitrogens with zero attached hydrogens (tertiary/aromatic N) is 1. The van der Waals surface area contributed by atoms with Gasteiger partial charge in [0.15, 0.2) is 0 Å². The Morgan fingerprint density at radius 1 is 1.47 bits per heavy atom. The summed E-state index contributed by atoms with van der Waals surface area (Å²) in [6.07, 6.45) is 3.63. The first kappa shape index (κ1) is 11.2.